The highest BCUT2D eigenvalue weighted by atomic mass is 35.5. The number of quaternary nitrogens is 1. The van der Waals surface area contributed by atoms with Gasteiger partial charge in [-0.1, -0.05) is 51.9 Å². The summed E-state index contributed by atoms with van der Waals surface area (Å²) in [4.78, 5) is 0. The van der Waals surface area contributed by atoms with Crippen molar-refractivity contribution in [3.8, 4) is 0 Å². The first-order chi connectivity index (χ1) is 8.12. The summed E-state index contributed by atoms with van der Waals surface area (Å²) in [7, 11) is 4.57. The van der Waals surface area contributed by atoms with Gasteiger partial charge in [0.1, 0.15) is 0 Å². The monoisotopic (exact) mass is 262 g/mol. The largest absolute Gasteiger partial charge is 0.327 e. The van der Waals surface area contributed by atoms with Crippen LogP contribution in [-0.2, 0) is 0 Å². The highest BCUT2D eigenvalue weighted by Crippen LogP contribution is 2.10. The molecule has 0 aromatic carbocycles. The van der Waals surface area contributed by atoms with Crippen molar-refractivity contribution in [2.45, 2.75) is 64.7 Å². The Balaban J connectivity index is 3.18. The van der Waals surface area contributed by atoms with Gasteiger partial charge in [-0.05, 0) is 12.8 Å². The molecule has 0 saturated carbocycles. The van der Waals surface area contributed by atoms with Gasteiger partial charge in [-0.3, -0.25) is 0 Å². The maximum absolute atomic E-state index is 5.79. The molecule has 0 aromatic rings. The second kappa shape index (κ2) is 11.3. The van der Waals surface area contributed by atoms with Crippen molar-refractivity contribution in [2.24, 2.45) is 0 Å². The molecule has 0 fully saturated rings. The molecular formula is C15H33ClN+. The Labute approximate surface area is 114 Å². The number of rotatable bonds is 12. The van der Waals surface area contributed by atoms with Crippen LogP contribution in [0, 0.1) is 0 Å². The highest BCUT2D eigenvalue weighted by molar-refractivity contribution is 6.17. The first kappa shape index (κ1) is 17.2. The minimum absolute atomic E-state index is 0.782. The Kier molecular flexibility index (Phi) is 11.5. The van der Waals surface area contributed by atoms with Crippen LogP contribution in [0.15, 0.2) is 0 Å². The molecule has 0 saturated heterocycles. The Morgan fingerprint density at radius 2 is 1.18 bits per heavy atom. The lowest BCUT2D eigenvalue weighted by Crippen LogP contribution is -2.41. The van der Waals surface area contributed by atoms with Gasteiger partial charge < -0.3 is 4.48 Å². The summed E-state index contributed by atoms with van der Waals surface area (Å²) in [5, 5.41) is 0. The molecule has 104 valence electrons. The van der Waals surface area contributed by atoms with E-state index >= 15 is 0 Å². The van der Waals surface area contributed by atoms with Crippen LogP contribution in [0.25, 0.3) is 0 Å². The number of alkyl halides is 1. The SMILES string of the molecule is CCCCCCCCCCC[N+](C)(C)CCCl. The average molecular weight is 263 g/mol. The van der Waals surface area contributed by atoms with Gasteiger partial charge in [0.2, 0.25) is 0 Å². The van der Waals surface area contributed by atoms with Gasteiger partial charge in [-0.2, -0.15) is 0 Å². The minimum atomic E-state index is 0.782. The van der Waals surface area contributed by atoms with Crippen LogP contribution in [0.1, 0.15) is 64.7 Å². The summed E-state index contributed by atoms with van der Waals surface area (Å²) in [5.41, 5.74) is 0. The molecule has 0 spiro atoms. The fourth-order valence-electron chi connectivity index (χ4n) is 2.19. The first-order valence-corrected chi connectivity index (χ1v) is 8.04. The standard InChI is InChI=1S/C15H33ClN/c1-4-5-6-7-8-9-10-11-12-14-17(2,3)15-13-16/h4-15H2,1-3H3/q+1. The zero-order valence-electron chi connectivity index (χ0n) is 12.3. The molecule has 1 nitrogen and oxygen atoms in total. The van der Waals surface area contributed by atoms with Crippen LogP contribution in [0.4, 0.5) is 0 Å². The summed E-state index contributed by atoms with van der Waals surface area (Å²) in [6, 6.07) is 0. The number of halogens is 1. The molecule has 0 aliphatic carbocycles. The van der Waals surface area contributed by atoms with E-state index in [1.807, 2.05) is 0 Å². The van der Waals surface area contributed by atoms with E-state index in [1.165, 1.54) is 64.3 Å². The van der Waals surface area contributed by atoms with Crippen LogP contribution in [0.3, 0.4) is 0 Å². The smallest absolute Gasteiger partial charge is 0.0920 e. The maximum atomic E-state index is 5.79. The Morgan fingerprint density at radius 3 is 1.65 bits per heavy atom. The topological polar surface area (TPSA) is 0 Å². The summed E-state index contributed by atoms with van der Waals surface area (Å²) in [5.74, 6) is 0.782. The molecule has 0 unspecified atom stereocenters. The van der Waals surface area contributed by atoms with Gasteiger partial charge in [-0.25, -0.2) is 0 Å². The van der Waals surface area contributed by atoms with Crippen molar-refractivity contribution in [1.29, 1.82) is 0 Å². The van der Waals surface area contributed by atoms with Crippen LogP contribution < -0.4 is 0 Å². The molecule has 0 aliphatic heterocycles. The average Bonchev–Trinajstić information content (AvgIpc) is 2.27. The first-order valence-electron chi connectivity index (χ1n) is 7.50. The van der Waals surface area contributed by atoms with Crippen LogP contribution in [0.5, 0.6) is 0 Å². The summed E-state index contributed by atoms with van der Waals surface area (Å²) in [6.45, 7) is 4.65. The number of hydrogen-bond acceptors (Lipinski definition) is 0. The van der Waals surface area contributed by atoms with E-state index in [4.69, 9.17) is 11.6 Å². The molecule has 0 N–H and O–H groups in total. The Morgan fingerprint density at radius 1 is 0.706 bits per heavy atom. The molecule has 2 heteroatoms. The van der Waals surface area contributed by atoms with E-state index in [2.05, 4.69) is 21.0 Å². The third kappa shape index (κ3) is 12.5. The predicted molar refractivity (Wildman–Crippen MR) is 79.8 cm³/mol. The number of unbranched alkanes of at least 4 members (excludes halogenated alkanes) is 8. The normalized spacial score (nSPS) is 12.0. The lowest BCUT2D eigenvalue weighted by molar-refractivity contribution is -0.888. The van der Waals surface area contributed by atoms with Crippen molar-refractivity contribution in [1.82, 2.24) is 0 Å². The fourth-order valence-corrected chi connectivity index (χ4v) is 2.65. The van der Waals surface area contributed by atoms with Crippen molar-refractivity contribution in [2.75, 3.05) is 33.1 Å². The van der Waals surface area contributed by atoms with Crippen LogP contribution in [0.2, 0.25) is 0 Å². The third-order valence-corrected chi connectivity index (χ3v) is 3.73. The number of nitrogens with zero attached hydrogens (tertiary/aromatic N) is 1. The summed E-state index contributed by atoms with van der Waals surface area (Å²) >= 11 is 5.79. The van der Waals surface area contributed by atoms with Gasteiger partial charge in [-0.15, -0.1) is 11.6 Å². The molecule has 0 rings (SSSR count). The second-order valence-electron chi connectivity index (χ2n) is 5.90. The molecule has 0 aliphatic rings. The predicted octanol–water partition coefficient (Wildman–Crippen LogP) is 4.83. The van der Waals surface area contributed by atoms with E-state index in [0.29, 0.717) is 0 Å². The van der Waals surface area contributed by atoms with Crippen molar-refractivity contribution in [3.05, 3.63) is 0 Å². The summed E-state index contributed by atoms with van der Waals surface area (Å²) < 4.78 is 1.08. The molecule has 17 heavy (non-hydrogen) atoms. The van der Waals surface area contributed by atoms with E-state index in [1.54, 1.807) is 0 Å². The van der Waals surface area contributed by atoms with Crippen LogP contribution in [-0.4, -0.2) is 37.5 Å². The quantitative estimate of drug-likeness (QED) is 0.268. The Bertz CT molecular complexity index is 157. The van der Waals surface area contributed by atoms with Crippen molar-refractivity contribution < 1.29 is 4.48 Å². The second-order valence-corrected chi connectivity index (χ2v) is 6.28. The van der Waals surface area contributed by atoms with Crippen molar-refractivity contribution in [3.63, 3.8) is 0 Å². The Hall–Kier alpha value is 0.250. The van der Waals surface area contributed by atoms with E-state index in [-0.39, 0.29) is 0 Å². The molecule has 0 amide bonds. The van der Waals surface area contributed by atoms with Gasteiger partial charge in [0, 0.05) is 0 Å². The zero-order chi connectivity index (χ0) is 13.0. The lowest BCUT2D eigenvalue weighted by Gasteiger charge is -2.28. The molecule has 0 bridgehead atoms. The van der Waals surface area contributed by atoms with E-state index < -0.39 is 0 Å². The minimum Gasteiger partial charge on any atom is -0.327 e. The molecule has 0 atom stereocenters. The molecule has 0 radical (unpaired) electrons. The van der Waals surface area contributed by atoms with Gasteiger partial charge >= 0.3 is 0 Å². The molecule has 0 heterocycles. The zero-order valence-corrected chi connectivity index (χ0v) is 13.1. The number of hydrogen-bond donors (Lipinski definition) is 0. The maximum Gasteiger partial charge on any atom is 0.0920 e. The van der Waals surface area contributed by atoms with E-state index in [0.717, 1.165) is 16.9 Å². The molecule has 0 aromatic heterocycles. The van der Waals surface area contributed by atoms with Gasteiger partial charge in [0.25, 0.3) is 0 Å². The van der Waals surface area contributed by atoms with Crippen molar-refractivity contribution >= 4 is 11.6 Å². The van der Waals surface area contributed by atoms with Gasteiger partial charge in [0.15, 0.2) is 0 Å². The third-order valence-electron chi connectivity index (χ3n) is 3.56. The lowest BCUT2D eigenvalue weighted by atomic mass is 10.1. The van der Waals surface area contributed by atoms with Gasteiger partial charge in [0.05, 0.1) is 33.1 Å². The highest BCUT2D eigenvalue weighted by Gasteiger charge is 2.12. The summed E-state index contributed by atoms with van der Waals surface area (Å²) in [6.07, 6.45) is 12.7. The van der Waals surface area contributed by atoms with E-state index in [9.17, 15) is 0 Å². The fraction of sp³-hybridized carbons (Fsp3) is 1.00. The molecular weight excluding hydrogens is 230 g/mol. The van der Waals surface area contributed by atoms with Crippen LogP contribution >= 0.6 is 11.6 Å².